The van der Waals surface area contributed by atoms with Crippen LogP contribution in [-0.4, -0.2) is 41.2 Å². The molecule has 0 amide bonds. The number of aliphatic hydroxyl groups is 1. The number of rotatable bonds is 4. The normalized spacial score (nSPS) is 30.5. The van der Waals surface area contributed by atoms with E-state index in [2.05, 4.69) is 16.8 Å². The van der Waals surface area contributed by atoms with Crippen LogP contribution in [0.2, 0.25) is 0 Å². The number of ether oxygens (including phenoxy) is 1. The molecule has 1 aromatic carbocycles. The maximum Gasteiger partial charge on any atom is 0.119 e. The Kier molecular flexibility index (Phi) is 4.19. The van der Waals surface area contributed by atoms with Gasteiger partial charge < -0.3 is 9.84 Å². The monoisotopic (exact) mass is 326 g/mol. The molecule has 0 saturated carbocycles. The van der Waals surface area contributed by atoms with E-state index in [1.165, 1.54) is 12.8 Å². The van der Waals surface area contributed by atoms with Crippen LogP contribution < -0.4 is 4.74 Å². The predicted octanol–water partition coefficient (Wildman–Crippen LogP) is 3.40. The molecule has 2 aromatic rings. The highest BCUT2D eigenvalue weighted by molar-refractivity contribution is 5.83. The highest BCUT2D eigenvalue weighted by Gasteiger charge is 2.42. The lowest BCUT2D eigenvalue weighted by molar-refractivity contribution is -0.0562. The average Bonchev–Trinajstić information content (AvgIpc) is 2.66. The van der Waals surface area contributed by atoms with Gasteiger partial charge in [0.1, 0.15) is 5.75 Å². The zero-order valence-electron chi connectivity index (χ0n) is 14.5. The van der Waals surface area contributed by atoms with Gasteiger partial charge in [-0.25, -0.2) is 0 Å². The van der Waals surface area contributed by atoms with Crippen molar-refractivity contribution in [2.75, 3.05) is 20.2 Å². The molecule has 5 atom stereocenters. The molecule has 2 unspecified atom stereocenters. The molecule has 3 aliphatic rings. The number of methoxy groups -OCH3 is 1. The Balaban J connectivity index is 1.68. The van der Waals surface area contributed by atoms with Gasteiger partial charge in [-0.3, -0.25) is 9.88 Å². The number of benzene rings is 1. The van der Waals surface area contributed by atoms with E-state index < -0.39 is 6.10 Å². The van der Waals surface area contributed by atoms with E-state index in [0.29, 0.717) is 0 Å². The van der Waals surface area contributed by atoms with Gasteiger partial charge in [0.2, 0.25) is 0 Å². The van der Waals surface area contributed by atoms with Crippen LogP contribution in [0.1, 0.15) is 37.9 Å². The first-order chi connectivity index (χ1) is 11.7. The van der Waals surface area contributed by atoms with Gasteiger partial charge >= 0.3 is 0 Å². The summed E-state index contributed by atoms with van der Waals surface area (Å²) in [6.45, 7) is 4.55. The summed E-state index contributed by atoms with van der Waals surface area (Å²) >= 11 is 0. The summed E-state index contributed by atoms with van der Waals surface area (Å²) in [5.41, 5.74) is 1.89. The predicted molar refractivity (Wildman–Crippen MR) is 95.1 cm³/mol. The number of piperidine rings is 3. The number of aromatic nitrogens is 1. The van der Waals surface area contributed by atoms with Crippen LogP contribution in [0.4, 0.5) is 0 Å². The van der Waals surface area contributed by atoms with Crippen LogP contribution in [0, 0.1) is 11.8 Å². The average molecular weight is 326 g/mol. The number of fused-ring (bicyclic) bond motifs is 4. The minimum absolute atomic E-state index is 0.225. The molecule has 0 spiro atoms. The van der Waals surface area contributed by atoms with E-state index in [0.717, 1.165) is 53.6 Å². The Bertz CT molecular complexity index is 733. The Hall–Kier alpha value is -1.65. The first-order valence-corrected chi connectivity index (χ1v) is 9.06. The largest absolute Gasteiger partial charge is 0.497 e. The standard InChI is InChI=1S/C20H26N2O2/c1-3-13-12-22-9-7-14(13)10-19(22)20(23)16-6-8-21-18-5-4-15(24-2)11-17(16)18/h4-6,8,11,13-14,19-20,23H,3,7,9-10,12H2,1-2H3/t13-,14-,19?,20+/m1/s1. The number of nitrogens with zero attached hydrogens (tertiary/aromatic N) is 2. The highest BCUT2D eigenvalue weighted by Crippen LogP contribution is 2.42. The van der Waals surface area contributed by atoms with E-state index in [-0.39, 0.29) is 6.04 Å². The van der Waals surface area contributed by atoms with E-state index in [1.807, 2.05) is 24.3 Å². The van der Waals surface area contributed by atoms with Gasteiger partial charge in [-0.05, 0) is 61.1 Å². The lowest BCUT2D eigenvalue weighted by Crippen LogP contribution is -2.55. The van der Waals surface area contributed by atoms with Crippen molar-refractivity contribution in [2.45, 2.75) is 38.3 Å². The second kappa shape index (κ2) is 6.34. The summed E-state index contributed by atoms with van der Waals surface area (Å²) in [6.07, 6.45) is 4.97. The summed E-state index contributed by atoms with van der Waals surface area (Å²) in [6, 6.07) is 8.07. The van der Waals surface area contributed by atoms with Crippen molar-refractivity contribution in [3.05, 3.63) is 36.0 Å². The summed E-state index contributed by atoms with van der Waals surface area (Å²) in [5, 5.41) is 12.2. The topological polar surface area (TPSA) is 45.6 Å². The number of hydrogen-bond donors (Lipinski definition) is 1. The minimum atomic E-state index is -0.469. The third-order valence-corrected chi connectivity index (χ3v) is 6.13. The highest BCUT2D eigenvalue weighted by atomic mass is 16.5. The molecule has 4 heterocycles. The summed E-state index contributed by atoms with van der Waals surface area (Å²) in [7, 11) is 1.67. The fourth-order valence-corrected chi connectivity index (χ4v) is 4.71. The molecule has 1 aromatic heterocycles. The van der Waals surface area contributed by atoms with Crippen LogP contribution in [0.25, 0.3) is 10.9 Å². The molecule has 1 N–H and O–H groups in total. The Morgan fingerprint density at radius 2 is 2.25 bits per heavy atom. The molecule has 5 rings (SSSR count). The third kappa shape index (κ3) is 2.58. The van der Waals surface area contributed by atoms with E-state index >= 15 is 0 Å². The van der Waals surface area contributed by atoms with Gasteiger partial charge in [0.05, 0.1) is 18.7 Å². The van der Waals surface area contributed by atoms with Gasteiger partial charge in [-0.2, -0.15) is 0 Å². The van der Waals surface area contributed by atoms with Crippen molar-refractivity contribution < 1.29 is 9.84 Å². The van der Waals surface area contributed by atoms with Gasteiger partial charge in [-0.1, -0.05) is 13.3 Å². The Morgan fingerprint density at radius 1 is 1.38 bits per heavy atom. The Morgan fingerprint density at radius 3 is 2.96 bits per heavy atom. The SMILES string of the molecule is CC[C@@H]1CN2CC[C@@H]1CC2[C@@H](O)c1ccnc2ccc(OC)cc12. The number of pyridine rings is 1. The molecule has 128 valence electrons. The van der Waals surface area contributed by atoms with E-state index in [1.54, 1.807) is 13.3 Å². The maximum absolute atomic E-state index is 11.2. The first-order valence-electron chi connectivity index (χ1n) is 9.06. The first kappa shape index (κ1) is 15.9. The van der Waals surface area contributed by atoms with Crippen molar-refractivity contribution in [3.8, 4) is 5.75 Å². The number of hydrogen-bond acceptors (Lipinski definition) is 4. The molecule has 3 saturated heterocycles. The molecule has 4 nitrogen and oxygen atoms in total. The zero-order chi connectivity index (χ0) is 16.7. The lowest BCUT2D eigenvalue weighted by atomic mass is 9.72. The quantitative estimate of drug-likeness (QED) is 0.935. The molecular formula is C20H26N2O2. The van der Waals surface area contributed by atoms with Crippen molar-refractivity contribution >= 4 is 10.9 Å². The van der Waals surface area contributed by atoms with E-state index in [9.17, 15) is 5.11 Å². The fourth-order valence-electron chi connectivity index (χ4n) is 4.71. The summed E-state index contributed by atoms with van der Waals surface area (Å²) in [4.78, 5) is 6.94. The molecule has 0 aliphatic carbocycles. The minimum Gasteiger partial charge on any atom is -0.497 e. The van der Waals surface area contributed by atoms with Crippen LogP contribution in [0.5, 0.6) is 5.75 Å². The zero-order valence-corrected chi connectivity index (χ0v) is 14.5. The molecular weight excluding hydrogens is 300 g/mol. The van der Waals surface area contributed by atoms with Gasteiger partial charge in [0, 0.05) is 24.2 Å². The molecule has 4 heteroatoms. The summed E-state index contributed by atoms with van der Waals surface area (Å²) in [5.74, 6) is 2.37. The molecule has 0 radical (unpaired) electrons. The van der Waals surface area contributed by atoms with Crippen LogP contribution in [0.15, 0.2) is 30.5 Å². The summed E-state index contributed by atoms with van der Waals surface area (Å²) < 4.78 is 5.36. The second-order valence-electron chi connectivity index (χ2n) is 7.24. The molecule has 2 bridgehead atoms. The lowest BCUT2D eigenvalue weighted by Gasteiger charge is -2.51. The van der Waals surface area contributed by atoms with Crippen LogP contribution >= 0.6 is 0 Å². The van der Waals surface area contributed by atoms with Crippen molar-refractivity contribution in [2.24, 2.45) is 11.8 Å². The molecule has 3 aliphatic heterocycles. The Labute approximate surface area is 143 Å². The third-order valence-electron chi connectivity index (χ3n) is 6.13. The van der Waals surface area contributed by atoms with Crippen molar-refractivity contribution in [1.29, 1.82) is 0 Å². The maximum atomic E-state index is 11.2. The fraction of sp³-hybridized carbons (Fsp3) is 0.550. The van der Waals surface area contributed by atoms with Gasteiger partial charge in [0.25, 0.3) is 0 Å². The smallest absolute Gasteiger partial charge is 0.119 e. The van der Waals surface area contributed by atoms with Crippen LogP contribution in [0.3, 0.4) is 0 Å². The second-order valence-corrected chi connectivity index (χ2v) is 7.24. The molecule has 3 fully saturated rings. The van der Waals surface area contributed by atoms with Crippen molar-refractivity contribution in [3.63, 3.8) is 0 Å². The van der Waals surface area contributed by atoms with Crippen molar-refractivity contribution in [1.82, 2.24) is 9.88 Å². The number of aliphatic hydroxyl groups excluding tert-OH is 1. The van der Waals surface area contributed by atoms with Gasteiger partial charge in [0.15, 0.2) is 0 Å². The van der Waals surface area contributed by atoms with E-state index in [4.69, 9.17) is 4.74 Å². The van der Waals surface area contributed by atoms with Crippen LogP contribution in [-0.2, 0) is 0 Å². The van der Waals surface area contributed by atoms with Gasteiger partial charge in [-0.15, -0.1) is 0 Å². The molecule has 24 heavy (non-hydrogen) atoms.